The molecule has 1 amide bonds. The molecule has 2 aromatic rings. The zero-order valence-corrected chi connectivity index (χ0v) is 13.7. The second-order valence-electron chi connectivity index (χ2n) is 6.93. The normalized spacial score (nSPS) is 23.9. The predicted molar refractivity (Wildman–Crippen MR) is 87.3 cm³/mol. The van der Waals surface area contributed by atoms with Crippen LogP contribution in [0.4, 0.5) is 4.39 Å². The van der Waals surface area contributed by atoms with Crippen molar-refractivity contribution in [2.24, 2.45) is 18.9 Å². The van der Waals surface area contributed by atoms with Crippen LogP contribution in [0.15, 0.2) is 36.7 Å². The quantitative estimate of drug-likeness (QED) is 0.857. The molecule has 1 aromatic heterocycles. The third-order valence-corrected chi connectivity index (χ3v) is 5.03. The van der Waals surface area contributed by atoms with Crippen molar-refractivity contribution in [2.45, 2.75) is 13.1 Å². The number of fused-ring (bicyclic) bond motifs is 1. The number of nitrogens with zero attached hydrogens (tertiary/aromatic N) is 4. The molecular weight excluding hydrogens is 307 g/mol. The number of amides is 1. The van der Waals surface area contributed by atoms with E-state index in [1.54, 1.807) is 10.7 Å². The van der Waals surface area contributed by atoms with Crippen LogP contribution in [0.5, 0.6) is 0 Å². The molecule has 4 rings (SSSR count). The molecule has 0 N–H and O–H groups in total. The van der Waals surface area contributed by atoms with Crippen molar-refractivity contribution in [1.82, 2.24) is 19.6 Å². The highest BCUT2D eigenvalue weighted by Gasteiger charge is 2.45. The number of hydrogen-bond acceptors (Lipinski definition) is 3. The topological polar surface area (TPSA) is 41.4 Å². The number of aromatic nitrogens is 2. The van der Waals surface area contributed by atoms with Gasteiger partial charge >= 0.3 is 0 Å². The van der Waals surface area contributed by atoms with E-state index in [9.17, 15) is 9.18 Å². The number of carbonyl (C=O) groups is 1. The monoisotopic (exact) mass is 328 g/mol. The summed E-state index contributed by atoms with van der Waals surface area (Å²) >= 11 is 0. The van der Waals surface area contributed by atoms with Crippen LogP contribution in [0, 0.1) is 17.7 Å². The lowest BCUT2D eigenvalue weighted by Crippen LogP contribution is -2.32. The Hall–Kier alpha value is -2.21. The second-order valence-corrected chi connectivity index (χ2v) is 6.93. The number of halogens is 1. The third-order valence-electron chi connectivity index (χ3n) is 5.03. The molecule has 5 nitrogen and oxygen atoms in total. The van der Waals surface area contributed by atoms with Crippen molar-refractivity contribution in [2.75, 3.05) is 19.6 Å². The van der Waals surface area contributed by atoms with E-state index in [2.05, 4.69) is 10.00 Å². The molecule has 24 heavy (non-hydrogen) atoms. The van der Waals surface area contributed by atoms with Gasteiger partial charge in [-0.05, 0) is 17.7 Å². The van der Waals surface area contributed by atoms with Crippen LogP contribution in [-0.4, -0.2) is 45.1 Å². The third kappa shape index (κ3) is 2.94. The molecule has 6 heteroatoms. The van der Waals surface area contributed by atoms with Gasteiger partial charge < -0.3 is 4.90 Å². The first-order valence-electron chi connectivity index (χ1n) is 8.31. The molecule has 0 spiro atoms. The summed E-state index contributed by atoms with van der Waals surface area (Å²) in [6.07, 6.45) is 3.90. The molecule has 3 heterocycles. The molecule has 0 aliphatic carbocycles. The summed E-state index contributed by atoms with van der Waals surface area (Å²) in [4.78, 5) is 16.9. The largest absolute Gasteiger partial charge is 0.338 e. The minimum absolute atomic E-state index is 0.0789. The summed E-state index contributed by atoms with van der Waals surface area (Å²) in [7, 11) is 1.91. The molecule has 0 bridgehead atoms. The van der Waals surface area contributed by atoms with Gasteiger partial charge in [0.2, 0.25) is 5.91 Å². The highest BCUT2D eigenvalue weighted by Crippen LogP contribution is 2.33. The average molecular weight is 328 g/mol. The Balaban J connectivity index is 1.37. The molecule has 2 aliphatic rings. The van der Waals surface area contributed by atoms with E-state index in [0.717, 1.165) is 31.7 Å². The van der Waals surface area contributed by atoms with Gasteiger partial charge in [-0.3, -0.25) is 14.4 Å². The number of carbonyl (C=O) groups excluding carboxylic acids is 1. The van der Waals surface area contributed by atoms with E-state index in [-0.39, 0.29) is 17.6 Å². The molecule has 0 saturated carbocycles. The van der Waals surface area contributed by atoms with Gasteiger partial charge in [-0.15, -0.1) is 0 Å². The van der Waals surface area contributed by atoms with Crippen molar-refractivity contribution in [3.8, 4) is 0 Å². The molecule has 2 fully saturated rings. The van der Waals surface area contributed by atoms with E-state index < -0.39 is 0 Å². The molecule has 126 valence electrons. The summed E-state index contributed by atoms with van der Waals surface area (Å²) < 4.78 is 15.1. The minimum Gasteiger partial charge on any atom is -0.338 e. The van der Waals surface area contributed by atoms with Gasteiger partial charge in [-0.2, -0.15) is 5.10 Å². The zero-order chi connectivity index (χ0) is 16.7. The fraction of sp³-hybridized carbons (Fsp3) is 0.444. The zero-order valence-electron chi connectivity index (χ0n) is 13.7. The standard InChI is InChI=1S/C18H21FN4O/c1-21-7-14(6-20-21)8-22-10-15-11-23(18(24)17(15)12-22)9-13-3-2-4-16(19)5-13/h2-7,15,17H,8-12H2,1H3/t15-,17-/m1/s1. The summed E-state index contributed by atoms with van der Waals surface area (Å²) in [5.41, 5.74) is 2.04. The molecule has 0 radical (unpaired) electrons. The van der Waals surface area contributed by atoms with Crippen LogP contribution in [0.3, 0.4) is 0 Å². The maximum Gasteiger partial charge on any atom is 0.227 e. The molecule has 2 aliphatic heterocycles. The molecule has 2 saturated heterocycles. The number of rotatable bonds is 4. The summed E-state index contributed by atoms with van der Waals surface area (Å²) in [6, 6.07) is 6.51. The Morgan fingerprint density at radius 1 is 1.21 bits per heavy atom. The van der Waals surface area contributed by atoms with Crippen LogP contribution in [0.25, 0.3) is 0 Å². The fourth-order valence-corrected chi connectivity index (χ4v) is 3.97. The van der Waals surface area contributed by atoms with Crippen LogP contribution >= 0.6 is 0 Å². The van der Waals surface area contributed by atoms with Crippen molar-refractivity contribution in [3.63, 3.8) is 0 Å². The lowest BCUT2D eigenvalue weighted by Gasteiger charge is -2.21. The summed E-state index contributed by atoms with van der Waals surface area (Å²) in [6.45, 7) is 3.86. The summed E-state index contributed by atoms with van der Waals surface area (Å²) in [5, 5.41) is 4.20. The van der Waals surface area contributed by atoms with Crippen LogP contribution in [0.2, 0.25) is 0 Å². The number of likely N-dealkylation sites (tertiary alicyclic amines) is 2. The number of aryl methyl sites for hydroxylation is 1. The van der Waals surface area contributed by atoms with Gasteiger partial charge in [0, 0.05) is 57.4 Å². The van der Waals surface area contributed by atoms with Crippen molar-refractivity contribution in [1.29, 1.82) is 0 Å². The van der Waals surface area contributed by atoms with Crippen LogP contribution < -0.4 is 0 Å². The SMILES string of the molecule is Cn1cc(CN2C[C@@H]3CN(Cc4cccc(F)c4)C(=O)[C@@H]3C2)cn1. The smallest absolute Gasteiger partial charge is 0.227 e. The molecule has 1 aromatic carbocycles. The lowest BCUT2D eigenvalue weighted by molar-refractivity contribution is -0.131. The highest BCUT2D eigenvalue weighted by atomic mass is 19.1. The molecule has 0 unspecified atom stereocenters. The first-order chi connectivity index (χ1) is 11.6. The van der Waals surface area contributed by atoms with Gasteiger partial charge in [0.15, 0.2) is 0 Å². The van der Waals surface area contributed by atoms with Gasteiger partial charge in [-0.1, -0.05) is 12.1 Å². The lowest BCUT2D eigenvalue weighted by atomic mass is 10.0. The van der Waals surface area contributed by atoms with Crippen molar-refractivity contribution in [3.05, 3.63) is 53.6 Å². The Labute approximate surface area is 140 Å². The summed E-state index contributed by atoms with van der Waals surface area (Å²) in [5.74, 6) is 0.415. The predicted octanol–water partition coefficient (Wildman–Crippen LogP) is 1.65. The Bertz CT molecular complexity index is 759. The average Bonchev–Trinajstić information content (AvgIpc) is 3.19. The van der Waals surface area contributed by atoms with Gasteiger partial charge in [0.05, 0.1) is 12.1 Å². The Morgan fingerprint density at radius 3 is 2.79 bits per heavy atom. The maximum atomic E-state index is 13.3. The first kappa shape index (κ1) is 15.3. The van der Waals surface area contributed by atoms with Gasteiger partial charge in [-0.25, -0.2) is 4.39 Å². The van der Waals surface area contributed by atoms with Crippen LogP contribution in [-0.2, 0) is 24.9 Å². The van der Waals surface area contributed by atoms with Gasteiger partial charge in [0.1, 0.15) is 5.82 Å². The Morgan fingerprint density at radius 2 is 2.08 bits per heavy atom. The highest BCUT2D eigenvalue weighted by molar-refractivity contribution is 5.82. The van der Waals surface area contributed by atoms with E-state index in [4.69, 9.17) is 0 Å². The van der Waals surface area contributed by atoms with E-state index >= 15 is 0 Å². The molecular formula is C18H21FN4O. The van der Waals surface area contributed by atoms with Gasteiger partial charge in [0.25, 0.3) is 0 Å². The van der Waals surface area contributed by atoms with E-state index in [1.165, 1.54) is 17.7 Å². The van der Waals surface area contributed by atoms with Crippen LogP contribution in [0.1, 0.15) is 11.1 Å². The number of benzene rings is 1. The second kappa shape index (κ2) is 6.02. The molecule has 2 atom stereocenters. The van der Waals surface area contributed by atoms with Crippen molar-refractivity contribution < 1.29 is 9.18 Å². The van der Waals surface area contributed by atoms with E-state index in [1.807, 2.05) is 30.4 Å². The fourth-order valence-electron chi connectivity index (χ4n) is 3.97. The van der Waals surface area contributed by atoms with E-state index in [0.29, 0.717) is 12.5 Å². The minimum atomic E-state index is -0.248. The maximum absolute atomic E-state index is 13.3. The first-order valence-corrected chi connectivity index (χ1v) is 8.31. The Kier molecular flexibility index (Phi) is 3.84. The number of hydrogen-bond donors (Lipinski definition) is 0. The van der Waals surface area contributed by atoms with Crippen molar-refractivity contribution >= 4 is 5.91 Å².